The summed E-state index contributed by atoms with van der Waals surface area (Å²) >= 11 is 1.55. The van der Waals surface area contributed by atoms with Crippen molar-refractivity contribution in [3.8, 4) is 0 Å². The molecule has 4 nitrogen and oxygen atoms in total. The number of nitrogens with one attached hydrogen (secondary N) is 2. The highest BCUT2D eigenvalue weighted by atomic mass is 32.2. The van der Waals surface area contributed by atoms with Crippen molar-refractivity contribution in [3.05, 3.63) is 15.8 Å². The molecule has 6 heteroatoms. The number of aryl methyl sites for hydroxylation is 1. The van der Waals surface area contributed by atoms with Crippen LogP contribution in [0.5, 0.6) is 0 Å². The molecule has 1 aromatic rings. The average molecular weight is 331 g/mol. The van der Waals surface area contributed by atoms with Gasteiger partial charge in [0, 0.05) is 22.3 Å². The van der Waals surface area contributed by atoms with Gasteiger partial charge in [0.05, 0.1) is 4.90 Å². The Bertz CT molecular complexity index is 566. The SMILES string of the molecule is CNCc1cc(S(=O)(=O)NC2CCCCCC2C)c(C)s1. The molecule has 0 amide bonds. The lowest BCUT2D eigenvalue weighted by Gasteiger charge is -2.22. The van der Waals surface area contributed by atoms with Crippen molar-refractivity contribution in [2.45, 2.75) is 63.4 Å². The van der Waals surface area contributed by atoms with Gasteiger partial charge in [-0.25, -0.2) is 13.1 Å². The molecular weight excluding hydrogens is 304 g/mol. The summed E-state index contributed by atoms with van der Waals surface area (Å²) in [5.74, 6) is 0.415. The maximum Gasteiger partial charge on any atom is 0.241 e. The Balaban J connectivity index is 2.17. The molecule has 2 atom stereocenters. The Morgan fingerprint density at radius 2 is 2.00 bits per heavy atom. The third kappa shape index (κ3) is 4.28. The summed E-state index contributed by atoms with van der Waals surface area (Å²) in [6.07, 6.45) is 5.61. The van der Waals surface area contributed by atoms with Gasteiger partial charge in [-0.05, 0) is 38.8 Å². The molecule has 0 aliphatic heterocycles. The van der Waals surface area contributed by atoms with Crippen LogP contribution in [-0.2, 0) is 16.6 Å². The quantitative estimate of drug-likeness (QED) is 0.816. The molecule has 2 rings (SSSR count). The average Bonchev–Trinajstić information content (AvgIpc) is 2.67. The highest BCUT2D eigenvalue weighted by molar-refractivity contribution is 7.89. The molecule has 0 spiro atoms. The minimum atomic E-state index is -3.40. The molecule has 0 radical (unpaired) electrons. The van der Waals surface area contributed by atoms with Crippen molar-refractivity contribution in [2.75, 3.05) is 7.05 Å². The smallest absolute Gasteiger partial charge is 0.241 e. The predicted octanol–water partition coefficient (Wildman–Crippen LogP) is 3.02. The third-order valence-corrected chi connectivity index (χ3v) is 7.03. The molecule has 1 aromatic heterocycles. The predicted molar refractivity (Wildman–Crippen MR) is 88.2 cm³/mol. The van der Waals surface area contributed by atoms with Crippen LogP contribution >= 0.6 is 11.3 Å². The molecule has 2 unspecified atom stereocenters. The van der Waals surface area contributed by atoms with Crippen molar-refractivity contribution >= 4 is 21.4 Å². The summed E-state index contributed by atoms with van der Waals surface area (Å²) in [4.78, 5) is 2.38. The zero-order valence-corrected chi connectivity index (χ0v) is 14.7. The van der Waals surface area contributed by atoms with Crippen molar-refractivity contribution in [3.63, 3.8) is 0 Å². The van der Waals surface area contributed by atoms with Crippen LogP contribution < -0.4 is 10.0 Å². The van der Waals surface area contributed by atoms with E-state index in [9.17, 15) is 8.42 Å². The number of hydrogen-bond acceptors (Lipinski definition) is 4. The number of hydrogen-bond donors (Lipinski definition) is 2. The number of thiophene rings is 1. The summed E-state index contributed by atoms with van der Waals surface area (Å²) in [5.41, 5.74) is 0. The van der Waals surface area contributed by atoms with Crippen LogP contribution in [0.15, 0.2) is 11.0 Å². The highest BCUT2D eigenvalue weighted by Crippen LogP contribution is 2.28. The van der Waals surface area contributed by atoms with E-state index in [1.807, 2.05) is 14.0 Å². The molecule has 0 aromatic carbocycles. The van der Waals surface area contributed by atoms with Gasteiger partial charge in [0.1, 0.15) is 0 Å². The highest BCUT2D eigenvalue weighted by Gasteiger charge is 2.27. The van der Waals surface area contributed by atoms with E-state index in [1.165, 1.54) is 12.8 Å². The van der Waals surface area contributed by atoms with E-state index in [0.29, 0.717) is 17.4 Å². The van der Waals surface area contributed by atoms with Crippen molar-refractivity contribution in [2.24, 2.45) is 5.92 Å². The Kier molecular flexibility index (Phi) is 5.82. The molecule has 1 heterocycles. The van der Waals surface area contributed by atoms with Gasteiger partial charge >= 0.3 is 0 Å². The van der Waals surface area contributed by atoms with Crippen LogP contribution in [0.3, 0.4) is 0 Å². The first-order valence-electron chi connectivity index (χ1n) is 7.70. The van der Waals surface area contributed by atoms with Crippen LogP contribution in [0.25, 0.3) is 0 Å². The second-order valence-corrected chi connectivity index (χ2v) is 9.03. The molecule has 120 valence electrons. The molecule has 0 saturated heterocycles. The first-order valence-corrected chi connectivity index (χ1v) is 10.00. The van der Waals surface area contributed by atoms with Crippen molar-refractivity contribution < 1.29 is 8.42 Å². The van der Waals surface area contributed by atoms with Crippen molar-refractivity contribution in [1.82, 2.24) is 10.0 Å². The van der Waals surface area contributed by atoms with Gasteiger partial charge in [-0.1, -0.05) is 26.2 Å². The Morgan fingerprint density at radius 3 is 2.71 bits per heavy atom. The monoisotopic (exact) mass is 330 g/mol. The third-order valence-electron chi connectivity index (χ3n) is 4.23. The topological polar surface area (TPSA) is 58.2 Å². The maximum absolute atomic E-state index is 12.7. The lowest BCUT2D eigenvalue weighted by Crippen LogP contribution is -2.38. The zero-order chi connectivity index (χ0) is 15.5. The Hall–Kier alpha value is -0.430. The van der Waals surface area contributed by atoms with E-state index in [2.05, 4.69) is 17.0 Å². The van der Waals surface area contributed by atoms with Gasteiger partial charge in [-0.3, -0.25) is 0 Å². The van der Waals surface area contributed by atoms with Crippen LogP contribution in [0, 0.1) is 12.8 Å². The molecular formula is C15H26N2O2S2. The summed E-state index contributed by atoms with van der Waals surface area (Å²) in [5, 5.41) is 3.07. The van der Waals surface area contributed by atoms with E-state index in [4.69, 9.17) is 0 Å². The van der Waals surface area contributed by atoms with E-state index >= 15 is 0 Å². The van der Waals surface area contributed by atoms with Gasteiger partial charge in [-0.2, -0.15) is 0 Å². The zero-order valence-electron chi connectivity index (χ0n) is 13.1. The first kappa shape index (κ1) is 16.9. The molecule has 2 N–H and O–H groups in total. The lowest BCUT2D eigenvalue weighted by atomic mass is 9.98. The molecule has 0 bridgehead atoms. The molecule has 1 aliphatic rings. The summed E-state index contributed by atoms with van der Waals surface area (Å²) in [6.45, 7) is 4.75. The lowest BCUT2D eigenvalue weighted by molar-refractivity contribution is 0.399. The van der Waals surface area contributed by atoms with Gasteiger partial charge < -0.3 is 5.32 Å². The van der Waals surface area contributed by atoms with Crippen LogP contribution in [-0.4, -0.2) is 21.5 Å². The van der Waals surface area contributed by atoms with Gasteiger partial charge in [0.25, 0.3) is 0 Å². The van der Waals surface area contributed by atoms with E-state index in [0.717, 1.165) is 29.0 Å². The fourth-order valence-corrected chi connectivity index (χ4v) is 6.01. The fraction of sp³-hybridized carbons (Fsp3) is 0.733. The molecule has 21 heavy (non-hydrogen) atoms. The fourth-order valence-electron chi connectivity index (χ4n) is 2.98. The van der Waals surface area contributed by atoms with Crippen molar-refractivity contribution in [1.29, 1.82) is 0 Å². The summed E-state index contributed by atoms with van der Waals surface area (Å²) < 4.78 is 28.3. The van der Waals surface area contributed by atoms with E-state index < -0.39 is 10.0 Å². The van der Waals surface area contributed by atoms with Crippen LogP contribution in [0.4, 0.5) is 0 Å². The van der Waals surface area contributed by atoms with Crippen LogP contribution in [0.1, 0.15) is 48.8 Å². The Labute approximate surface area is 132 Å². The molecule has 1 aliphatic carbocycles. The van der Waals surface area contributed by atoms with E-state index in [1.54, 1.807) is 17.4 Å². The van der Waals surface area contributed by atoms with Gasteiger partial charge in [-0.15, -0.1) is 11.3 Å². The number of rotatable bonds is 5. The second-order valence-electron chi connectivity index (χ2n) is 6.01. The minimum absolute atomic E-state index is 0.0737. The first-order chi connectivity index (χ1) is 9.94. The summed E-state index contributed by atoms with van der Waals surface area (Å²) in [6, 6.07) is 1.88. The van der Waals surface area contributed by atoms with Crippen LogP contribution in [0.2, 0.25) is 0 Å². The van der Waals surface area contributed by atoms with Gasteiger partial charge in [0.2, 0.25) is 10.0 Å². The normalized spacial score (nSPS) is 24.0. The minimum Gasteiger partial charge on any atom is -0.315 e. The summed E-state index contributed by atoms with van der Waals surface area (Å²) in [7, 11) is -1.53. The standard InChI is InChI=1S/C15H26N2O2S2/c1-11-7-5-4-6-8-14(11)17-21(18,19)15-9-13(10-16-3)20-12(15)2/h9,11,14,16-17H,4-8,10H2,1-3H3. The largest absolute Gasteiger partial charge is 0.315 e. The second kappa shape index (κ2) is 7.22. The van der Waals surface area contributed by atoms with E-state index in [-0.39, 0.29) is 6.04 Å². The molecule has 1 saturated carbocycles. The Morgan fingerprint density at radius 1 is 1.29 bits per heavy atom. The van der Waals surface area contributed by atoms with Gasteiger partial charge in [0.15, 0.2) is 0 Å². The number of sulfonamides is 1. The molecule has 1 fully saturated rings. The maximum atomic E-state index is 12.7.